The molecule has 2 atom stereocenters. The zero-order valence-electron chi connectivity index (χ0n) is 18.9. The molecule has 2 N–H and O–H groups in total. The number of rotatable bonds is 6. The first-order chi connectivity index (χ1) is 16.7. The minimum Gasteiger partial charge on any atom is -0.493 e. The van der Waals surface area contributed by atoms with E-state index in [2.05, 4.69) is 31.7 Å². The van der Waals surface area contributed by atoms with Gasteiger partial charge in [-0.2, -0.15) is 18.3 Å². The van der Waals surface area contributed by atoms with Gasteiger partial charge in [0.15, 0.2) is 23.2 Å². The molecule has 1 amide bonds. The van der Waals surface area contributed by atoms with E-state index in [1.54, 1.807) is 30.3 Å². The molecule has 35 heavy (non-hydrogen) atoms. The summed E-state index contributed by atoms with van der Waals surface area (Å²) >= 11 is 3.28. The highest BCUT2D eigenvalue weighted by Crippen LogP contribution is 2.46. The molecule has 0 bridgehead atoms. The molecule has 0 fully saturated rings. The summed E-state index contributed by atoms with van der Waals surface area (Å²) in [5.41, 5.74) is 0.776. The first-order valence-electron chi connectivity index (χ1n) is 10.5. The van der Waals surface area contributed by atoms with Crippen molar-refractivity contribution >= 4 is 33.3 Å². The highest BCUT2D eigenvalue weighted by atomic mass is 79.9. The number of nitrogens with zero attached hydrogens (tertiary/aromatic N) is 2. The first-order valence-corrected chi connectivity index (χ1v) is 11.2. The number of halogens is 4. The van der Waals surface area contributed by atoms with Crippen molar-refractivity contribution in [3.8, 4) is 17.2 Å². The zero-order valence-corrected chi connectivity index (χ0v) is 20.5. The van der Waals surface area contributed by atoms with Crippen LogP contribution in [0.25, 0.3) is 0 Å². The van der Waals surface area contributed by atoms with Crippen molar-refractivity contribution in [2.45, 2.75) is 24.7 Å². The molecule has 0 spiro atoms. The molecular formula is C23H22BrF3N4O4. The van der Waals surface area contributed by atoms with Crippen LogP contribution in [0.2, 0.25) is 0 Å². The zero-order chi connectivity index (χ0) is 25.3. The molecule has 2 unspecified atom stereocenters. The number of fused-ring (bicyclic) bond motifs is 1. The van der Waals surface area contributed by atoms with Crippen LogP contribution in [0, 0.1) is 0 Å². The van der Waals surface area contributed by atoms with Gasteiger partial charge in [0.2, 0.25) is 5.75 Å². The van der Waals surface area contributed by atoms with Gasteiger partial charge in [-0.3, -0.25) is 4.79 Å². The number of hydrogen-bond donors (Lipinski definition) is 2. The first kappa shape index (κ1) is 24.7. The lowest BCUT2D eigenvalue weighted by molar-refractivity contribution is -0.173. The highest BCUT2D eigenvalue weighted by molar-refractivity contribution is 9.10. The fourth-order valence-electron chi connectivity index (χ4n) is 3.98. The maximum absolute atomic E-state index is 14.0. The SMILES string of the molecule is COc1cc(NC(=O)c2nn3c(c2Br)NC(c2ccccc2)CC3C(F)(F)F)cc(OC)c1OC. The minimum atomic E-state index is -4.57. The van der Waals surface area contributed by atoms with Crippen molar-refractivity contribution in [1.29, 1.82) is 0 Å². The molecule has 12 heteroatoms. The van der Waals surface area contributed by atoms with Gasteiger partial charge < -0.3 is 24.8 Å². The summed E-state index contributed by atoms with van der Waals surface area (Å²) in [6, 6.07) is 9.30. The summed E-state index contributed by atoms with van der Waals surface area (Å²) in [5.74, 6) is 0.287. The largest absolute Gasteiger partial charge is 0.493 e. The Labute approximate surface area is 207 Å². The predicted octanol–water partition coefficient (Wildman–Crippen LogP) is 5.58. The topological polar surface area (TPSA) is 86.6 Å². The summed E-state index contributed by atoms with van der Waals surface area (Å²) in [4.78, 5) is 13.1. The molecule has 8 nitrogen and oxygen atoms in total. The summed E-state index contributed by atoms with van der Waals surface area (Å²) < 4.78 is 58.7. The van der Waals surface area contributed by atoms with Gasteiger partial charge in [-0.1, -0.05) is 30.3 Å². The Bertz CT molecular complexity index is 1210. The predicted molar refractivity (Wildman–Crippen MR) is 126 cm³/mol. The van der Waals surface area contributed by atoms with E-state index in [0.29, 0.717) is 22.8 Å². The molecule has 1 aliphatic heterocycles. The number of amides is 1. The number of anilines is 2. The monoisotopic (exact) mass is 554 g/mol. The Hall–Kier alpha value is -3.41. The van der Waals surface area contributed by atoms with E-state index >= 15 is 0 Å². The van der Waals surface area contributed by atoms with Crippen LogP contribution in [0.4, 0.5) is 24.7 Å². The summed E-state index contributed by atoms with van der Waals surface area (Å²) in [6.07, 6.45) is -4.84. The van der Waals surface area contributed by atoms with E-state index < -0.39 is 24.2 Å². The third kappa shape index (κ3) is 4.75. The fourth-order valence-corrected chi connectivity index (χ4v) is 4.54. The molecule has 1 aromatic heterocycles. The number of methoxy groups -OCH3 is 3. The average molecular weight is 555 g/mol. The number of aromatic nitrogens is 2. The van der Waals surface area contributed by atoms with Gasteiger partial charge in [0.25, 0.3) is 5.91 Å². The molecule has 0 saturated heterocycles. The quantitative estimate of drug-likeness (QED) is 0.413. The maximum Gasteiger partial charge on any atom is 0.410 e. The number of hydrogen-bond acceptors (Lipinski definition) is 6. The second-order valence-electron chi connectivity index (χ2n) is 7.72. The van der Waals surface area contributed by atoms with Gasteiger partial charge >= 0.3 is 6.18 Å². The van der Waals surface area contributed by atoms with Crippen molar-refractivity contribution in [2.24, 2.45) is 0 Å². The van der Waals surface area contributed by atoms with Crippen molar-refractivity contribution in [3.05, 3.63) is 58.2 Å². The van der Waals surface area contributed by atoms with Crippen LogP contribution in [0.5, 0.6) is 17.2 Å². The lowest BCUT2D eigenvalue weighted by Gasteiger charge is -2.33. The van der Waals surface area contributed by atoms with Crippen LogP contribution in [0.1, 0.15) is 34.6 Å². The van der Waals surface area contributed by atoms with E-state index in [1.165, 1.54) is 33.5 Å². The second-order valence-corrected chi connectivity index (χ2v) is 8.52. The van der Waals surface area contributed by atoms with Gasteiger partial charge in [0.05, 0.1) is 31.8 Å². The van der Waals surface area contributed by atoms with E-state index in [9.17, 15) is 18.0 Å². The van der Waals surface area contributed by atoms with Crippen LogP contribution < -0.4 is 24.8 Å². The van der Waals surface area contributed by atoms with Gasteiger partial charge in [-0.15, -0.1) is 0 Å². The van der Waals surface area contributed by atoms with Gasteiger partial charge in [0.1, 0.15) is 5.82 Å². The molecule has 0 radical (unpaired) electrons. The molecule has 0 aliphatic carbocycles. The van der Waals surface area contributed by atoms with Crippen LogP contribution in [0.15, 0.2) is 46.9 Å². The molecule has 3 aromatic rings. The van der Waals surface area contributed by atoms with Gasteiger partial charge in [-0.25, -0.2) is 4.68 Å². The van der Waals surface area contributed by atoms with E-state index in [-0.39, 0.29) is 28.1 Å². The molecular weight excluding hydrogens is 533 g/mol. The van der Waals surface area contributed by atoms with Crippen molar-refractivity contribution < 1.29 is 32.2 Å². The maximum atomic E-state index is 14.0. The molecule has 1 aliphatic rings. The number of carbonyl (C=O) groups excluding carboxylic acids is 1. The number of alkyl halides is 3. The summed E-state index contributed by atoms with van der Waals surface area (Å²) in [7, 11) is 4.29. The lowest BCUT2D eigenvalue weighted by atomic mass is 9.97. The van der Waals surface area contributed by atoms with E-state index in [4.69, 9.17) is 14.2 Å². The third-order valence-corrected chi connectivity index (χ3v) is 6.39. The highest BCUT2D eigenvalue weighted by Gasteiger charge is 2.47. The van der Waals surface area contributed by atoms with Crippen LogP contribution in [-0.2, 0) is 0 Å². The van der Waals surface area contributed by atoms with E-state index in [1.807, 2.05) is 0 Å². The van der Waals surface area contributed by atoms with E-state index in [0.717, 1.165) is 4.68 Å². The van der Waals surface area contributed by atoms with Gasteiger partial charge in [-0.05, 0) is 21.5 Å². The van der Waals surface area contributed by atoms with Crippen LogP contribution in [-0.4, -0.2) is 43.2 Å². The molecule has 2 aromatic carbocycles. The average Bonchev–Trinajstić information content (AvgIpc) is 3.19. The number of nitrogens with one attached hydrogen (secondary N) is 2. The Morgan fingerprint density at radius 1 is 1.11 bits per heavy atom. The number of carbonyl (C=O) groups is 1. The minimum absolute atomic E-state index is 0.0717. The fraction of sp³-hybridized carbons (Fsp3) is 0.304. The smallest absolute Gasteiger partial charge is 0.410 e. The standard InChI is InChI=1S/C23H22BrF3N4O4/c1-33-15-9-13(10-16(34-2)20(15)35-3)28-22(32)19-18(24)21-29-14(12-7-5-4-6-8-12)11-17(23(25,26)27)31(21)30-19/h4-10,14,17,29H,11H2,1-3H3,(H,28,32). The van der Waals surface area contributed by atoms with Crippen molar-refractivity contribution in [3.63, 3.8) is 0 Å². The number of ether oxygens (including phenoxy) is 3. The Morgan fingerprint density at radius 3 is 2.29 bits per heavy atom. The van der Waals surface area contributed by atoms with Crippen molar-refractivity contribution in [2.75, 3.05) is 32.0 Å². The summed E-state index contributed by atoms with van der Waals surface area (Å²) in [6.45, 7) is 0. The summed E-state index contributed by atoms with van der Waals surface area (Å²) in [5, 5.41) is 9.76. The van der Waals surface area contributed by atoms with Crippen molar-refractivity contribution in [1.82, 2.24) is 9.78 Å². The number of benzene rings is 2. The molecule has 4 rings (SSSR count). The second kappa shape index (κ2) is 9.68. The molecule has 186 valence electrons. The van der Waals surface area contributed by atoms with Crippen LogP contribution >= 0.6 is 15.9 Å². The Morgan fingerprint density at radius 2 is 1.74 bits per heavy atom. The lowest BCUT2D eigenvalue weighted by Crippen LogP contribution is -2.35. The van der Waals surface area contributed by atoms with Gasteiger partial charge in [0, 0.05) is 24.2 Å². The molecule has 0 saturated carbocycles. The normalized spacial score (nSPS) is 17.2. The Kier molecular flexibility index (Phi) is 6.84. The molecule has 2 heterocycles. The Balaban J connectivity index is 1.69. The van der Waals surface area contributed by atoms with Crippen LogP contribution in [0.3, 0.4) is 0 Å². The third-order valence-electron chi connectivity index (χ3n) is 5.64.